The molecule has 5 aromatic rings. The molecule has 5 aromatic carbocycles. The van der Waals surface area contributed by atoms with Gasteiger partial charge in [0, 0.05) is 28.1 Å². The van der Waals surface area contributed by atoms with Crippen molar-refractivity contribution in [2.75, 3.05) is 0 Å². The van der Waals surface area contributed by atoms with Crippen molar-refractivity contribution >= 4 is 39.9 Å². The van der Waals surface area contributed by atoms with Gasteiger partial charge in [-0.25, -0.2) is 0 Å². The van der Waals surface area contributed by atoms with Gasteiger partial charge in [-0.2, -0.15) is 0 Å². The molecule has 0 amide bonds. The second-order valence-corrected chi connectivity index (χ2v) is 8.85. The smallest absolute Gasteiger partial charge is 0.308 e. The van der Waals surface area contributed by atoms with E-state index in [1.165, 1.54) is 6.92 Å². The molecule has 0 N–H and O–H groups in total. The normalized spacial score (nSPS) is 10.8. The lowest BCUT2D eigenvalue weighted by molar-refractivity contribution is -0.131. The summed E-state index contributed by atoms with van der Waals surface area (Å²) in [6, 6.07) is 32.4. The standard InChI is InChI=1S/C30H20Cl2O3/c1-19(33)34-29-28(21-10-6-3-7-11-21)26-18-23(32)14-17-25(26)27(20-8-4-2-5-9-20)30(29)35-24-15-12-22(31)13-16-24/h2-18H,1H3. The Hall–Kier alpha value is -3.79. The summed E-state index contributed by atoms with van der Waals surface area (Å²) in [7, 11) is 0. The molecule has 5 heteroatoms. The van der Waals surface area contributed by atoms with Gasteiger partial charge in [-0.3, -0.25) is 4.79 Å². The van der Waals surface area contributed by atoms with Crippen LogP contribution in [-0.4, -0.2) is 5.97 Å². The van der Waals surface area contributed by atoms with Gasteiger partial charge < -0.3 is 9.47 Å². The van der Waals surface area contributed by atoms with Crippen molar-refractivity contribution < 1.29 is 14.3 Å². The Morgan fingerprint density at radius 2 is 1.17 bits per heavy atom. The molecule has 0 bridgehead atoms. The predicted molar refractivity (Wildman–Crippen MR) is 143 cm³/mol. The van der Waals surface area contributed by atoms with Gasteiger partial charge in [-0.05, 0) is 58.3 Å². The third kappa shape index (κ3) is 4.74. The maximum Gasteiger partial charge on any atom is 0.308 e. The highest BCUT2D eigenvalue weighted by molar-refractivity contribution is 6.32. The molecule has 3 nitrogen and oxygen atoms in total. The van der Waals surface area contributed by atoms with E-state index in [2.05, 4.69) is 0 Å². The Morgan fingerprint density at radius 3 is 1.74 bits per heavy atom. The Morgan fingerprint density at radius 1 is 0.629 bits per heavy atom. The van der Waals surface area contributed by atoms with E-state index >= 15 is 0 Å². The molecule has 0 saturated heterocycles. The average Bonchev–Trinajstić information content (AvgIpc) is 2.86. The van der Waals surface area contributed by atoms with Crippen LogP contribution in [0.1, 0.15) is 6.92 Å². The van der Waals surface area contributed by atoms with E-state index in [0.717, 1.165) is 33.0 Å². The monoisotopic (exact) mass is 498 g/mol. The van der Waals surface area contributed by atoms with Crippen molar-refractivity contribution in [1.29, 1.82) is 0 Å². The number of carbonyl (C=O) groups excluding carboxylic acids is 1. The fraction of sp³-hybridized carbons (Fsp3) is 0.0333. The number of halogens is 2. The van der Waals surface area contributed by atoms with Gasteiger partial charge >= 0.3 is 5.97 Å². The summed E-state index contributed by atoms with van der Waals surface area (Å²) in [5.74, 6) is 0.866. The maximum absolute atomic E-state index is 12.4. The highest BCUT2D eigenvalue weighted by Gasteiger charge is 2.26. The molecule has 0 saturated carbocycles. The lowest BCUT2D eigenvalue weighted by Gasteiger charge is -2.22. The molecule has 0 fully saturated rings. The SMILES string of the molecule is CC(=O)Oc1c(Oc2ccc(Cl)cc2)c(-c2ccccc2)c2ccc(Cl)cc2c1-c1ccccc1. The van der Waals surface area contributed by atoms with Crippen molar-refractivity contribution in [3.05, 3.63) is 113 Å². The zero-order valence-electron chi connectivity index (χ0n) is 18.8. The second-order valence-electron chi connectivity index (χ2n) is 7.98. The average molecular weight is 499 g/mol. The van der Waals surface area contributed by atoms with Gasteiger partial charge in [0.05, 0.1) is 0 Å². The summed E-state index contributed by atoms with van der Waals surface area (Å²) >= 11 is 12.6. The summed E-state index contributed by atoms with van der Waals surface area (Å²) in [6.07, 6.45) is 0. The Balaban J connectivity index is 1.94. The first-order valence-corrected chi connectivity index (χ1v) is 11.8. The number of esters is 1. The van der Waals surface area contributed by atoms with E-state index < -0.39 is 5.97 Å². The van der Waals surface area contributed by atoms with Crippen LogP contribution in [0.15, 0.2) is 103 Å². The highest BCUT2D eigenvalue weighted by atomic mass is 35.5. The van der Waals surface area contributed by atoms with Crippen LogP contribution < -0.4 is 9.47 Å². The molecule has 0 aliphatic rings. The van der Waals surface area contributed by atoms with E-state index in [0.29, 0.717) is 27.3 Å². The zero-order valence-corrected chi connectivity index (χ0v) is 20.3. The molecule has 0 aromatic heterocycles. The number of carbonyl (C=O) groups is 1. The van der Waals surface area contributed by atoms with Gasteiger partial charge in [0.25, 0.3) is 0 Å². The molecule has 0 radical (unpaired) electrons. The summed E-state index contributed by atoms with van der Waals surface area (Å²) < 4.78 is 12.4. The first-order valence-electron chi connectivity index (χ1n) is 11.0. The van der Waals surface area contributed by atoms with Crippen LogP contribution in [0.5, 0.6) is 17.2 Å². The largest absolute Gasteiger partial charge is 0.453 e. The zero-order chi connectivity index (χ0) is 24.4. The predicted octanol–water partition coefficient (Wildman–Crippen LogP) is 9.20. The van der Waals surface area contributed by atoms with Crippen molar-refractivity contribution in [2.24, 2.45) is 0 Å². The quantitative estimate of drug-likeness (QED) is 0.179. The molecule has 0 aliphatic heterocycles. The third-order valence-electron chi connectivity index (χ3n) is 5.58. The molecule has 35 heavy (non-hydrogen) atoms. The number of fused-ring (bicyclic) bond motifs is 1. The fourth-order valence-corrected chi connectivity index (χ4v) is 4.45. The molecule has 0 unspecified atom stereocenters. The minimum absolute atomic E-state index is 0.326. The first-order chi connectivity index (χ1) is 17.0. The summed E-state index contributed by atoms with van der Waals surface area (Å²) in [5.41, 5.74) is 3.30. The lowest BCUT2D eigenvalue weighted by Crippen LogP contribution is -2.06. The number of hydrogen-bond acceptors (Lipinski definition) is 3. The van der Waals surface area contributed by atoms with Crippen LogP contribution in [-0.2, 0) is 4.79 Å². The number of ether oxygens (including phenoxy) is 2. The van der Waals surface area contributed by atoms with E-state index in [1.807, 2.05) is 78.9 Å². The summed E-state index contributed by atoms with van der Waals surface area (Å²) in [5, 5.41) is 2.94. The second kappa shape index (κ2) is 9.83. The minimum Gasteiger partial charge on any atom is -0.453 e. The molecule has 0 atom stereocenters. The van der Waals surface area contributed by atoms with Crippen LogP contribution >= 0.6 is 23.2 Å². The van der Waals surface area contributed by atoms with Gasteiger partial charge in [0.15, 0.2) is 11.5 Å². The molecule has 172 valence electrons. The van der Waals surface area contributed by atoms with Gasteiger partial charge in [0.1, 0.15) is 5.75 Å². The van der Waals surface area contributed by atoms with Crippen LogP contribution in [0.3, 0.4) is 0 Å². The van der Waals surface area contributed by atoms with Crippen molar-refractivity contribution in [1.82, 2.24) is 0 Å². The van der Waals surface area contributed by atoms with E-state index in [1.54, 1.807) is 24.3 Å². The first kappa shape index (κ1) is 23.0. The topological polar surface area (TPSA) is 35.5 Å². The van der Waals surface area contributed by atoms with Crippen molar-refractivity contribution in [3.63, 3.8) is 0 Å². The fourth-order valence-electron chi connectivity index (χ4n) is 4.15. The minimum atomic E-state index is -0.455. The van der Waals surface area contributed by atoms with Gasteiger partial charge in [-0.1, -0.05) is 89.9 Å². The number of rotatable bonds is 5. The Kier molecular flexibility index (Phi) is 6.45. The Labute approximate surface area is 213 Å². The van der Waals surface area contributed by atoms with Crippen LogP contribution in [0.4, 0.5) is 0 Å². The van der Waals surface area contributed by atoms with Crippen molar-refractivity contribution in [3.8, 4) is 39.5 Å². The van der Waals surface area contributed by atoms with Crippen LogP contribution in [0.2, 0.25) is 10.0 Å². The molecule has 0 aliphatic carbocycles. The molecule has 5 rings (SSSR count). The van der Waals surface area contributed by atoms with E-state index in [4.69, 9.17) is 32.7 Å². The van der Waals surface area contributed by atoms with E-state index in [-0.39, 0.29) is 0 Å². The summed E-state index contributed by atoms with van der Waals surface area (Å²) in [4.78, 5) is 12.4. The van der Waals surface area contributed by atoms with E-state index in [9.17, 15) is 4.79 Å². The van der Waals surface area contributed by atoms with Crippen LogP contribution in [0.25, 0.3) is 33.0 Å². The van der Waals surface area contributed by atoms with Crippen molar-refractivity contribution in [2.45, 2.75) is 6.92 Å². The molecular weight excluding hydrogens is 479 g/mol. The Bertz CT molecular complexity index is 1510. The highest BCUT2D eigenvalue weighted by Crippen LogP contribution is 2.52. The third-order valence-corrected chi connectivity index (χ3v) is 6.07. The lowest BCUT2D eigenvalue weighted by atomic mass is 9.90. The van der Waals surface area contributed by atoms with Gasteiger partial charge in [0.2, 0.25) is 0 Å². The maximum atomic E-state index is 12.4. The van der Waals surface area contributed by atoms with Crippen LogP contribution in [0, 0.1) is 0 Å². The molecular formula is C30H20Cl2O3. The number of benzene rings is 5. The summed E-state index contributed by atoms with van der Waals surface area (Å²) in [6.45, 7) is 1.38. The van der Waals surface area contributed by atoms with Gasteiger partial charge in [-0.15, -0.1) is 0 Å². The number of hydrogen-bond donors (Lipinski definition) is 0. The molecule has 0 heterocycles. The molecule has 0 spiro atoms.